The van der Waals surface area contributed by atoms with Gasteiger partial charge in [0.25, 0.3) is 11.5 Å². The molecule has 0 aliphatic carbocycles. The number of benzene rings is 1. The van der Waals surface area contributed by atoms with Crippen LogP contribution >= 0.6 is 22.9 Å². The van der Waals surface area contributed by atoms with Crippen molar-refractivity contribution >= 4 is 34.5 Å². The first-order chi connectivity index (χ1) is 16.8. The van der Waals surface area contributed by atoms with Gasteiger partial charge in [-0.2, -0.15) is 0 Å². The van der Waals surface area contributed by atoms with Crippen LogP contribution in [-0.2, 0) is 6.54 Å². The number of carbonyl (C=O) groups excluding carboxylic acids is 1. The van der Waals surface area contributed by atoms with Crippen molar-refractivity contribution in [3.8, 4) is 11.4 Å². The molecule has 1 amide bonds. The summed E-state index contributed by atoms with van der Waals surface area (Å²) in [6.45, 7) is 1.86. The smallest absolute Gasteiger partial charge is 0.261 e. The van der Waals surface area contributed by atoms with E-state index in [1.54, 1.807) is 39.8 Å². The maximum atomic E-state index is 12.4. The molecule has 11 heteroatoms. The average molecular weight is 512 g/mol. The highest BCUT2D eigenvalue weighted by Crippen LogP contribution is 2.26. The zero-order valence-electron chi connectivity index (χ0n) is 19.7. The Labute approximate surface area is 212 Å². The Kier molecular flexibility index (Phi) is 7.64. The molecule has 0 unspecified atom stereocenters. The molecule has 1 N–H and O–H groups in total. The molecule has 0 bridgehead atoms. The molecular weight excluding hydrogens is 486 g/mol. The topological polar surface area (TPSA) is 88.3 Å². The van der Waals surface area contributed by atoms with Crippen molar-refractivity contribution in [1.29, 1.82) is 0 Å². The first-order valence-electron chi connectivity index (χ1n) is 10.9. The lowest BCUT2D eigenvalue weighted by Crippen LogP contribution is -2.29. The number of amides is 1. The van der Waals surface area contributed by atoms with Gasteiger partial charge in [0.15, 0.2) is 0 Å². The van der Waals surface area contributed by atoms with E-state index in [1.807, 2.05) is 45.4 Å². The van der Waals surface area contributed by atoms with Crippen molar-refractivity contribution < 1.29 is 4.79 Å². The first kappa shape index (κ1) is 24.6. The minimum absolute atomic E-state index is 0.104. The molecule has 1 aromatic carbocycles. The molecule has 0 fully saturated rings. The monoisotopic (exact) mass is 511 g/mol. The lowest BCUT2D eigenvalue weighted by atomic mass is 10.2. The van der Waals surface area contributed by atoms with Gasteiger partial charge in [0.05, 0.1) is 39.0 Å². The Morgan fingerprint density at radius 1 is 1.11 bits per heavy atom. The SMILES string of the molecule is CN(C)CCN(C)c1cc(-n2ccccc2=O)ccc1-n1cc(CNC(=O)c2ccc(Cl)s2)nn1. The second-order valence-corrected chi connectivity index (χ2v) is 9.96. The molecule has 4 rings (SSSR count). The number of halogens is 1. The predicted molar refractivity (Wildman–Crippen MR) is 139 cm³/mol. The summed E-state index contributed by atoms with van der Waals surface area (Å²) in [5, 5.41) is 11.4. The van der Waals surface area contributed by atoms with Crippen LogP contribution in [0, 0.1) is 0 Å². The van der Waals surface area contributed by atoms with Crippen LogP contribution in [0.1, 0.15) is 15.4 Å². The van der Waals surface area contributed by atoms with Crippen LogP contribution in [0.25, 0.3) is 11.4 Å². The summed E-state index contributed by atoms with van der Waals surface area (Å²) in [5.41, 5.74) is 2.98. The summed E-state index contributed by atoms with van der Waals surface area (Å²) in [4.78, 5) is 29.5. The summed E-state index contributed by atoms with van der Waals surface area (Å²) in [6.07, 6.45) is 3.53. The van der Waals surface area contributed by atoms with Crippen molar-refractivity contribution in [3.63, 3.8) is 0 Å². The summed E-state index contributed by atoms with van der Waals surface area (Å²) >= 11 is 7.14. The minimum atomic E-state index is -0.210. The van der Waals surface area contributed by atoms with E-state index >= 15 is 0 Å². The standard InChI is InChI=1S/C24H26ClN7O2S/c1-29(2)12-13-30(3)20-14-18(31-11-5-4-6-23(31)33)7-8-19(20)32-16-17(27-28-32)15-26-24(34)21-9-10-22(25)35-21/h4-11,14,16H,12-13,15H2,1-3H3,(H,26,34). The first-order valence-corrected chi connectivity index (χ1v) is 12.1. The van der Waals surface area contributed by atoms with Gasteiger partial charge in [-0.3, -0.25) is 14.2 Å². The van der Waals surface area contributed by atoms with E-state index < -0.39 is 0 Å². The Hall–Kier alpha value is -3.47. The van der Waals surface area contributed by atoms with Crippen molar-refractivity contribution in [2.24, 2.45) is 0 Å². The van der Waals surface area contributed by atoms with Gasteiger partial charge >= 0.3 is 0 Å². The molecule has 0 aliphatic heterocycles. The second-order valence-electron chi connectivity index (χ2n) is 8.25. The van der Waals surface area contributed by atoms with Gasteiger partial charge in [-0.1, -0.05) is 22.9 Å². The van der Waals surface area contributed by atoms with Crippen LogP contribution in [0.15, 0.2) is 65.7 Å². The Morgan fingerprint density at radius 2 is 1.94 bits per heavy atom. The number of hydrogen-bond donors (Lipinski definition) is 1. The molecule has 9 nitrogen and oxygen atoms in total. The third-order valence-electron chi connectivity index (χ3n) is 5.37. The van der Waals surface area contributed by atoms with E-state index in [9.17, 15) is 9.59 Å². The molecule has 0 saturated carbocycles. The number of nitrogens with one attached hydrogen (secondary N) is 1. The molecule has 0 atom stereocenters. The number of likely N-dealkylation sites (N-methyl/N-ethyl adjacent to an activating group) is 2. The van der Waals surface area contributed by atoms with E-state index in [0.717, 1.165) is 30.2 Å². The maximum Gasteiger partial charge on any atom is 0.261 e. The van der Waals surface area contributed by atoms with Crippen LogP contribution < -0.4 is 15.8 Å². The van der Waals surface area contributed by atoms with E-state index in [2.05, 4.69) is 25.4 Å². The normalized spacial score (nSPS) is 11.1. The number of rotatable bonds is 9. The second kappa shape index (κ2) is 10.9. The van der Waals surface area contributed by atoms with E-state index in [4.69, 9.17) is 11.6 Å². The van der Waals surface area contributed by atoms with Gasteiger partial charge in [0.2, 0.25) is 0 Å². The van der Waals surface area contributed by atoms with E-state index in [0.29, 0.717) is 14.9 Å². The maximum absolute atomic E-state index is 12.4. The Morgan fingerprint density at radius 3 is 2.66 bits per heavy atom. The Bertz CT molecular complexity index is 1380. The number of nitrogens with zero attached hydrogens (tertiary/aromatic N) is 6. The van der Waals surface area contributed by atoms with Gasteiger partial charge in [-0.05, 0) is 50.5 Å². The highest BCUT2D eigenvalue weighted by atomic mass is 35.5. The minimum Gasteiger partial charge on any atom is -0.372 e. The molecule has 182 valence electrons. The molecule has 0 saturated heterocycles. The summed E-state index contributed by atoms with van der Waals surface area (Å²) in [5.74, 6) is -0.210. The molecule has 35 heavy (non-hydrogen) atoms. The third kappa shape index (κ3) is 5.97. The number of anilines is 1. The summed E-state index contributed by atoms with van der Waals surface area (Å²) < 4.78 is 3.85. The predicted octanol–water partition coefficient (Wildman–Crippen LogP) is 3.06. The molecule has 4 aromatic rings. The van der Waals surface area contributed by atoms with Crippen LogP contribution in [0.4, 0.5) is 5.69 Å². The van der Waals surface area contributed by atoms with Gasteiger partial charge < -0.3 is 15.1 Å². The van der Waals surface area contributed by atoms with E-state index in [-0.39, 0.29) is 18.0 Å². The largest absolute Gasteiger partial charge is 0.372 e. The van der Waals surface area contributed by atoms with Crippen LogP contribution in [0.5, 0.6) is 0 Å². The van der Waals surface area contributed by atoms with Crippen LogP contribution in [0.3, 0.4) is 0 Å². The van der Waals surface area contributed by atoms with Crippen molar-refractivity contribution in [2.75, 3.05) is 39.1 Å². The van der Waals surface area contributed by atoms with E-state index in [1.165, 1.54) is 17.4 Å². The molecule has 3 heterocycles. The lowest BCUT2D eigenvalue weighted by Gasteiger charge is -2.24. The molecular formula is C24H26ClN7O2S. The fraction of sp³-hybridized carbons (Fsp3) is 0.250. The van der Waals surface area contributed by atoms with Gasteiger partial charge in [-0.15, -0.1) is 16.4 Å². The summed E-state index contributed by atoms with van der Waals surface area (Å²) in [6, 6.07) is 14.2. The molecule has 0 spiro atoms. The molecule has 0 radical (unpaired) electrons. The number of thiophene rings is 1. The highest BCUT2D eigenvalue weighted by molar-refractivity contribution is 7.17. The fourth-order valence-corrected chi connectivity index (χ4v) is 4.42. The van der Waals surface area contributed by atoms with Gasteiger partial charge in [-0.25, -0.2) is 4.68 Å². The third-order valence-corrected chi connectivity index (χ3v) is 6.60. The number of hydrogen-bond acceptors (Lipinski definition) is 7. The quantitative estimate of drug-likeness (QED) is 0.371. The molecule has 0 aliphatic rings. The van der Waals surface area contributed by atoms with Gasteiger partial charge in [0, 0.05) is 32.4 Å². The average Bonchev–Trinajstić information content (AvgIpc) is 3.50. The Balaban J connectivity index is 1.60. The van der Waals surface area contributed by atoms with Crippen molar-refractivity contribution in [1.82, 2.24) is 29.8 Å². The van der Waals surface area contributed by atoms with Crippen molar-refractivity contribution in [2.45, 2.75) is 6.54 Å². The van der Waals surface area contributed by atoms with Crippen LogP contribution in [-0.4, -0.2) is 64.6 Å². The fourth-order valence-electron chi connectivity index (χ4n) is 3.46. The number of carbonyl (C=O) groups is 1. The number of aromatic nitrogens is 4. The number of pyridine rings is 1. The zero-order chi connectivity index (χ0) is 24.9. The lowest BCUT2D eigenvalue weighted by molar-refractivity contribution is 0.0954. The molecule has 3 aromatic heterocycles. The summed E-state index contributed by atoms with van der Waals surface area (Å²) in [7, 11) is 6.05. The van der Waals surface area contributed by atoms with Crippen LogP contribution in [0.2, 0.25) is 4.34 Å². The highest BCUT2D eigenvalue weighted by Gasteiger charge is 2.15. The zero-order valence-corrected chi connectivity index (χ0v) is 21.3. The van der Waals surface area contributed by atoms with Crippen molar-refractivity contribution in [3.05, 3.63) is 86.2 Å². The van der Waals surface area contributed by atoms with Gasteiger partial charge in [0.1, 0.15) is 5.69 Å².